The second-order valence-electron chi connectivity index (χ2n) is 4.45. The van der Waals surface area contributed by atoms with Crippen molar-refractivity contribution in [2.24, 2.45) is 0 Å². The van der Waals surface area contributed by atoms with Crippen LogP contribution >= 0.6 is 15.9 Å². The van der Waals surface area contributed by atoms with Gasteiger partial charge in [0.15, 0.2) is 0 Å². The number of benzene rings is 2. The molecule has 1 unspecified atom stereocenters. The van der Waals surface area contributed by atoms with Crippen molar-refractivity contribution >= 4 is 27.3 Å². The molecular formula is C15H17BrN2. The summed E-state index contributed by atoms with van der Waals surface area (Å²) < 4.78 is 1.02. The van der Waals surface area contributed by atoms with E-state index < -0.39 is 0 Å². The third-order valence-electron chi connectivity index (χ3n) is 3.04. The minimum absolute atomic E-state index is 0.225. The molecule has 0 aliphatic heterocycles. The van der Waals surface area contributed by atoms with E-state index in [2.05, 4.69) is 59.4 Å². The third-order valence-corrected chi connectivity index (χ3v) is 3.54. The molecule has 0 amide bonds. The number of nitrogens with one attached hydrogen (secondary N) is 1. The zero-order valence-electron chi connectivity index (χ0n) is 10.6. The van der Waals surface area contributed by atoms with E-state index in [0.29, 0.717) is 0 Å². The Hall–Kier alpha value is -1.48. The average molecular weight is 305 g/mol. The Bertz CT molecular complexity index is 552. The minimum atomic E-state index is 0.225. The molecule has 0 saturated carbocycles. The van der Waals surface area contributed by atoms with Crippen LogP contribution in [0.4, 0.5) is 11.4 Å². The summed E-state index contributed by atoms with van der Waals surface area (Å²) in [6.07, 6.45) is 0. The number of rotatable bonds is 3. The van der Waals surface area contributed by atoms with Crippen molar-refractivity contribution in [2.45, 2.75) is 19.9 Å². The fourth-order valence-corrected chi connectivity index (χ4v) is 2.40. The van der Waals surface area contributed by atoms with Crippen molar-refractivity contribution in [1.29, 1.82) is 0 Å². The maximum atomic E-state index is 5.97. The molecule has 3 N–H and O–H groups in total. The molecule has 0 aliphatic carbocycles. The van der Waals surface area contributed by atoms with Crippen LogP contribution in [0.1, 0.15) is 24.1 Å². The van der Waals surface area contributed by atoms with Crippen LogP contribution in [0.15, 0.2) is 46.9 Å². The summed E-state index contributed by atoms with van der Waals surface area (Å²) in [5.74, 6) is 0. The van der Waals surface area contributed by atoms with Crippen molar-refractivity contribution in [1.82, 2.24) is 0 Å². The first kappa shape index (κ1) is 13.0. The normalized spacial score (nSPS) is 12.2. The van der Waals surface area contributed by atoms with Crippen molar-refractivity contribution in [2.75, 3.05) is 11.1 Å². The summed E-state index contributed by atoms with van der Waals surface area (Å²) in [6, 6.07) is 14.4. The van der Waals surface area contributed by atoms with Gasteiger partial charge in [-0.1, -0.05) is 40.2 Å². The molecule has 0 spiro atoms. The van der Waals surface area contributed by atoms with Gasteiger partial charge in [0.05, 0.1) is 11.4 Å². The highest BCUT2D eigenvalue weighted by Gasteiger charge is 2.09. The summed E-state index contributed by atoms with van der Waals surface area (Å²) in [6.45, 7) is 4.26. The van der Waals surface area contributed by atoms with Crippen LogP contribution in [0.5, 0.6) is 0 Å². The molecule has 2 nitrogen and oxygen atoms in total. The number of aryl methyl sites for hydroxylation is 1. The van der Waals surface area contributed by atoms with Crippen LogP contribution < -0.4 is 11.1 Å². The Kier molecular flexibility index (Phi) is 3.92. The van der Waals surface area contributed by atoms with E-state index in [1.807, 2.05) is 18.2 Å². The number of nitrogens with two attached hydrogens (primary N) is 1. The highest BCUT2D eigenvalue weighted by atomic mass is 79.9. The highest BCUT2D eigenvalue weighted by Crippen LogP contribution is 2.28. The van der Waals surface area contributed by atoms with Gasteiger partial charge in [0.25, 0.3) is 0 Å². The predicted molar refractivity (Wildman–Crippen MR) is 81.8 cm³/mol. The van der Waals surface area contributed by atoms with Gasteiger partial charge < -0.3 is 11.1 Å². The Balaban J connectivity index is 2.24. The van der Waals surface area contributed by atoms with E-state index in [-0.39, 0.29) is 6.04 Å². The number of hydrogen-bond acceptors (Lipinski definition) is 2. The second kappa shape index (κ2) is 5.44. The molecule has 2 aromatic carbocycles. The molecule has 0 aromatic heterocycles. The van der Waals surface area contributed by atoms with Crippen LogP contribution in [0.3, 0.4) is 0 Å². The van der Waals surface area contributed by atoms with Gasteiger partial charge in [0.1, 0.15) is 0 Å². The van der Waals surface area contributed by atoms with Crippen LogP contribution in [0.25, 0.3) is 0 Å². The Morgan fingerprint density at radius 1 is 1.17 bits per heavy atom. The standard InChI is InChI=1S/C15H17BrN2/c1-10-5-3-4-6-13(10)11(2)18-15-9-12(16)7-8-14(15)17/h3-9,11,18H,17H2,1-2H3. The average Bonchev–Trinajstić information content (AvgIpc) is 2.34. The lowest BCUT2D eigenvalue weighted by molar-refractivity contribution is 0.875. The van der Waals surface area contributed by atoms with Gasteiger partial charge in [-0.2, -0.15) is 0 Å². The molecule has 2 aromatic rings. The molecule has 94 valence electrons. The summed E-state index contributed by atoms with van der Waals surface area (Å²) in [4.78, 5) is 0. The number of anilines is 2. The molecule has 0 aliphatic rings. The molecule has 0 radical (unpaired) electrons. The molecule has 3 heteroatoms. The van der Waals surface area contributed by atoms with Gasteiger partial charge in [0, 0.05) is 10.5 Å². The SMILES string of the molecule is Cc1ccccc1C(C)Nc1cc(Br)ccc1N. The van der Waals surface area contributed by atoms with Crippen molar-refractivity contribution < 1.29 is 0 Å². The first-order valence-corrected chi connectivity index (χ1v) is 6.74. The fraction of sp³-hybridized carbons (Fsp3) is 0.200. The maximum Gasteiger partial charge on any atom is 0.0589 e. The molecule has 1 atom stereocenters. The van der Waals surface area contributed by atoms with Crippen LogP contribution in [-0.2, 0) is 0 Å². The van der Waals surface area contributed by atoms with Gasteiger partial charge in [-0.05, 0) is 43.2 Å². The van der Waals surface area contributed by atoms with Crippen LogP contribution in [0.2, 0.25) is 0 Å². The zero-order valence-corrected chi connectivity index (χ0v) is 12.2. The van der Waals surface area contributed by atoms with Crippen molar-refractivity contribution in [3.63, 3.8) is 0 Å². The first-order valence-electron chi connectivity index (χ1n) is 5.95. The second-order valence-corrected chi connectivity index (χ2v) is 5.37. The molecule has 18 heavy (non-hydrogen) atoms. The smallest absolute Gasteiger partial charge is 0.0589 e. The highest BCUT2D eigenvalue weighted by molar-refractivity contribution is 9.10. The number of halogens is 1. The largest absolute Gasteiger partial charge is 0.397 e. The Morgan fingerprint density at radius 3 is 2.61 bits per heavy atom. The maximum absolute atomic E-state index is 5.97. The fourth-order valence-electron chi connectivity index (χ4n) is 2.04. The quantitative estimate of drug-likeness (QED) is 0.819. The minimum Gasteiger partial charge on any atom is -0.397 e. The van der Waals surface area contributed by atoms with Gasteiger partial charge in [0.2, 0.25) is 0 Å². The Morgan fingerprint density at radius 2 is 1.89 bits per heavy atom. The lowest BCUT2D eigenvalue weighted by atomic mass is 10.0. The van der Waals surface area contributed by atoms with E-state index >= 15 is 0 Å². The summed E-state index contributed by atoms with van der Waals surface area (Å²) >= 11 is 3.46. The van der Waals surface area contributed by atoms with E-state index in [9.17, 15) is 0 Å². The van der Waals surface area contributed by atoms with E-state index in [4.69, 9.17) is 5.73 Å². The van der Waals surface area contributed by atoms with Gasteiger partial charge >= 0.3 is 0 Å². The molecule has 0 bridgehead atoms. The number of nitrogen functional groups attached to an aromatic ring is 1. The van der Waals surface area contributed by atoms with Crippen molar-refractivity contribution in [3.05, 3.63) is 58.1 Å². The summed E-state index contributed by atoms with van der Waals surface area (Å²) in [5.41, 5.74) is 10.3. The molecule has 0 fully saturated rings. The lowest BCUT2D eigenvalue weighted by Gasteiger charge is -2.19. The van der Waals surface area contributed by atoms with Crippen molar-refractivity contribution in [3.8, 4) is 0 Å². The summed E-state index contributed by atoms with van der Waals surface area (Å²) in [7, 11) is 0. The summed E-state index contributed by atoms with van der Waals surface area (Å²) in [5, 5.41) is 3.45. The molecule has 2 rings (SSSR count). The van der Waals surface area contributed by atoms with E-state index in [1.54, 1.807) is 0 Å². The van der Waals surface area contributed by atoms with Gasteiger partial charge in [-0.25, -0.2) is 0 Å². The lowest BCUT2D eigenvalue weighted by Crippen LogP contribution is -2.09. The third kappa shape index (κ3) is 2.85. The van der Waals surface area contributed by atoms with E-state index in [0.717, 1.165) is 15.8 Å². The zero-order chi connectivity index (χ0) is 13.1. The monoisotopic (exact) mass is 304 g/mol. The predicted octanol–water partition coefficient (Wildman–Crippen LogP) is 4.51. The molecular weight excluding hydrogens is 288 g/mol. The van der Waals surface area contributed by atoms with Crippen LogP contribution in [0, 0.1) is 6.92 Å². The molecule has 0 heterocycles. The van der Waals surface area contributed by atoms with Gasteiger partial charge in [-0.3, -0.25) is 0 Å². The first-order chi connectivity index (χ1) is 8.58. The van der Waals surface area contributed by atoms with Gasteiger partial charge in [-0.15, -0.1) is 0 Å². The topological polar surface area (TPSA) is 38.0 Å². The molecule has 0 saturated heterocycles. The van der Waals surface area contributed by atoms with Crippen LogP contribution in [-0.4, -0.2) is 0 Å². The van der Waals surface area contributed by atoms with E-state index in [1.165, 1.54) is 11.1 Å². The Labute approximate surface area is 116 Å². The number of hydrogen-bond donors (Lipinski definition) is 2.